The van der Waals surface area contributed by atoms with Crippen LogP contribution in [-0.4, -0.2) is 28.3 Å². The number of hydrogen-bond donors (Lipinski definition) is 1. The zero-order chi connectivity index (χ0) is 16.7. The van der Waals surface area contributed by atoms with Crippen LogP contribution in [0.25, 0.3) is 11.5 Å². The van der Waals surface area contributed by atoms with Crippen LogP contribution in [0, 0.1) is 12.3 Å². The average Bonchev–Trinajstić information content (AvgIpc) is 3.13. The van der Waals surface area contributed by atoms with Gasteiger partial charge in [-0.1, -0.05) is 19.8 Å². The van der Waals surface area contributed by atoms with E-state index < -0.39 is 5.54 Å². The van der Waals surface area contributed by atoms with Crippen molar-refractivity contribution in [2.75, 3.05) is 6.61 Å². The van der Waals surface area contributed by atoms with Crippen LogP contribution in [0.1, 0.15) is 26.7 Å². The van der Waals surface area contributed by atoms with E-state index in [4.69, 9.17) is 15.6 Å². The van der Waals surface area contributed by atoms with Crippen LogP contribution in [0.4, 0.5) is 0 Å². The van der Waals surface area contributed by atoms with Gasteiger partial charge in [0.2, 0.25) is 12.3 Å². The zero-order valence-corrected chi connectivity index (χ0v) is 13.2. The van der Waals surface area contributed by atoms with Crippen LogP contribution in [0.5, 0.6) is 5.75 Å². The first kappa shape index (κ1) is 16.6. The Bertz CT molecular complexity index is 668. The van der Waals surface area contributed by atoms with E-state index in [2.05, 4.69) is 21.4 Å². The normalized spacial score (nSPS) is 10.8. The molecule has 0 saturated heterocycles. The third-order valence-electron chi connectivity index (χ3n) is 3.69. The molecule has 0 unspecified atom stereocenters. The maximum absolute atomic E-state index is 12.0. The van der Waals surface area contributed by atoms with Gasteiger partial charge < -0.3 is 14.5 Å². The highest BCUT2D eigenvalue weighted by molar-refractivity contribution is 5.79. The summed E-state index contributed by atoms with van der Waals surface area (Å²) in [5.41, 5.74) is 0.171. The van der Waals surface area contributed by atoms with Crippen molar-refractivity contribution >= 4 is 5.91 Å². The van der Waals surface area contributed by atoms with Gasteiger partial charge in [0.25, 0.3) is 5.91 Å². The molecule has 1 N–H and O–H groups in total. The first-order valence-corrected chi connectivity index (χ1v) is 7.40. The molecule has 0 saturated carbocycles. The predicted molar refractivity (Wildman–Crippen MR) is 85.5 cm³/mol. The molecule has 0 bridgehead atoms. The van der Waals surface area contributed by atoms with Gasteiger partial charge in [0.05, 0.1) is 0 Å². The SMILES string of the molecule is C#CC(CC)(CC)NC(=O)COc1ccc(-c2nnco2)cc1. The lowest BCUT2D eigenvalue weighted by Gasteiger charge is -2.26. The van der Waals surface area contributed by atoms with Gasteiger partial charge in [0.1, 0.15) is 11.3 Å². The van der Waals surface area contributed by atoms with Crippen LogP contribution in [-0.2, 0) is 4.79 Å². The number of amides is 1. The fraction of sp³-hybridized carbons (Fsp3) is 0.353. The van der Waals surface area contributed by atoms with Crippen molar-refractivity contribution in [2.45, 2.75) is 32.2 Å². The fourth-order valence-electron chi connectivity index (χ4n) is 2.11. The summed E-state index contributed by atoms with van der Waals surface area (Å²) in [5, 5.41) is 10.3. The average molecular weight is 313 g/mol. The lowest BCUT2D eigenvalue weighted by Crippen LogP contribution is -2.48. The summed E-state index contributed by atoms with van der Waals surface area (Å²) in [4.78, 5) is 12.0. The Morgan fingerprint density at radius 2 is 2.04 bits per heavy atom. The Hall–Kier alpha value is -2.81. The number of benzene rings is 1. The highest BCUT2D eigenvalue weighted by atomic mass is 16.5. The lowest BCUT2D eigenvalue weighted by atomic mass is 9.94. The van der Waals surface area contributed by atoms with E-state index >= 15 is 0 Å². The zero-order valence-electron chi connectivity index (χ0n) is 13.2. The first-order valence-electron chi connectivity index (χ1n) is 7.40. The maximum Gasteiger partial charge on any atom is 0.259 e. The summed E-state index contributed by atoms with van der Waals surface area (Å²) in [6.07, 6.45) is 8.13. The topological polar surface area (TPSA) is 77.2 Å². The van der Waals surface area contributed by atoms with Crippen molar-refractivity contribution in [3.8, 4) is 29.5 Å². The van der Waals surface area contributed by atoms with Crippen molar-refractivity contribution in [1.82, 2.24) is 15.5 Å². The Labute approximate surface area is 135 Å². The van der Waals surface area contributed by atoms with E-state index in [0.717, 1.165) is 5.56 Å². The molecule has 2 rings (SSSR count). The van der Waals surface area contributed by atoms with Crippen molar-refractivity contribution in [3.05, 3.63) is 30.7 Å². The number of aromatic nitrogens is 2. The minimum absolute atomic E-state index is 0.0939. The summed E-state index contributed by atoms with van der Waals surface area (Å²) in [6, 6.07) is 7.04. The molecule has 1 aromatic heterocycles. The molecule has 1 aromatic carbocycles. The van der Waals surface area contributed by atoms with Crippen LogP contribution in [0.15, 0.2) is 35.1 Å². The van der Waals surface area contributed by atoms with E-state index in [-0.39, 0.29) is 12.5 Å². The summed E-state index contributed by atoms with van der Waals surface area (Å²) in [6.45, 7) is 3.80. The minimum Gasteiger partial charge on any atom is -0.484 e. The number of carbonyl (C=O) groups excluding carboxylic acids is 1. The molecule has 1 heterocycles. The smallest absolute Gasteiger partial charge is 0.259 e. The largest absolute Gasteiger partial charge is 0.484 e. The molecule has 0 radical (unpaired) electrons. The molecular weight excluding hydrogens is 294 g/mol. The van der Waals surface area contributed by atoms with E-state index in [1.165, 1.54) is 6.39 Å². The van der Waals surface area contributed by atoms with Gasteiger partial charge in [-0.2, -0.15) is 0 Å². The molecule has 0 fully saturated rings. The summed E-state index contributed by atoms with van der Waals surface area (Å²) < 4.78 is 10.6. The number of nitrogens with one attached hydrogen (secondary N) is 1. The van der Waals surface area contributed by atoms with Crippen LogP contribution in [0.3, 0.4) is 0 Å². The minimum atomic E-state index is -0.609. The van der Waals surface area contributed by atoms with Gasteiger partial charge in [-0.3, -0.25) is 4.79 Å². The molecule has 0 atom stereocenters. The Kier molecular flexibility index (Phi) is 5.36. The fourth-order valence-corrected chi connectivity index (χ4v) is 2.11. The third kappa shape index (κ3) is 4.10. The standard InChI is InChI=1S/C17H19N3O3/c1-4-17(5-2,6-3)19-15(21)11-22-14-9-7-13(8-10-14)16-20-18-12-23-16/h1,7-10,12H,5-6,11H2,2-3H3,(H,19,21). The van der Waals surface area contributed by atoms with E-state index in [0.29, 0.717) is 24.5 Å². The van der Waals surface area contributed by atoms with Gasteiger partial charge in [0, 0.05) is 5.56 Å². The molecule has 0 spiro atoms. The third-order valence-corrected chi connectivity index (χ3v) is 3.69. The van der Waals surface area contributed by atoms with Crippen molar-refractivity contribution in [2.24, 2.45) is 0 Å². The van der Waals surface area contributed by atoms with Crippen molar-refractivity contribution in [3.63, 3.8) is 0 Å². The second kappa shape index (κ2) is 7.45. The highest BCUT2D eigenvalue weighted by Crippen LogP contribution is 2.20. The molecule has 0 aliphatic carbocycles. The quantitative estimate of drug-likeness (QED) is 0.794. The van der Waals surface area contributed by atoms with E-state index in [1.807, 2.05) is 13.8 Å². The first-order chi connectivity index (χ1) is 11.1. The summed E-state index contributed by atoms with van der Waals surface area (Å²) in [7, 11) is 0. The van der Waals surface area contributed by atoms with E-state index in [9.17, 15) is 4.79 Å². The molecule has 1 amide bonds. The molecule has 0 aliphatic rings. The number of rotatable bonds is 7. The molecule has 120 valence electrons. The van der Waals surface area contributed by atoms with Gasteiger partial charge in [-0.25, -0.2) is 0 Å². The van der Waals surface area contributed by atoms with Gasteiger partial charge in [-0.05, 0) is 37.1 Å². The monoisotopic (exact) mass is 313 g/mol. The maximum atomic E-state index is 12.0. The molecule has 6 heteroatoms. The number of nitrogens with zero attached hydrogens (tertiary/aromatic N) is 2. The Morgan fingerprint density at radius 1 is 1.35 bits per heavy atom. The second-order valence-electron chi connectivity index (χ2n) is 5.04. The van der Waals surface area contributed by atoms with Crippen LogP contribution < -0.4 is 10.1 Å². The number of terminal acetylenes is 1. The highest BCUT2D eigenvalue weighted by Gasteiger charge is 2.25. The second-order valence-corrected chi connectivity index (χ2v) is 5.04. The summed E-state index contributed by atoms with van der Waals surface area (Å²) in [5.74, 6) is 3.41. The number of carbonyl (C=O) groups is 1. The Morgan fingerprint density at radius 3 is 2.57 bits per heavy atom. The van der Waals surface area contributed by atoms with E-state index in [1.54, 1.807) is 24.3 Å². The van der Waals surface area contributed by atoms with Gasteiger partial charge >= 0.3 is 0 Å². The molecule has 0 aliphatic heterocycles. The Balaban J connectivity index is 1.91. The predicted octanol–water partition coefficient (Wildman–Crippen LogP) is 2.42. The molecule has 2 aromatic rings. The molecule has 6 nitrogen and oxygen atoms in total. The summed E-state index contributed by atoms with van der Waals surface area (Å²) >= 11 is 0. The lowest BCUT2D eigenvalue weighted by molar-refractivity contribution is -0.124. The van der Waals surface area contributed by atoms with Crippen LogP contribution >= 0.6 is 0 Å². The van der Waals surface area contributed by atoms with Crippen molar-refractivity contribution < 1.29 is 13.9 Å². The number of hydrogen-bond acceptors (Lipinski definition) is 5. The van der Waals surface area contributed by atoms with Crippen molar-refractivity contribution in [1.29, 1.82) is 0 Å². The van der Waals surface area contributed by atoms with Gasteiger partial charge in [-0.15, -0.1) is 16.6 Å². The van der Waals surface area contributed by atoms with Gasteiger partial charge in [0.15, 0.2) is 6.61 Å². The number of ether oxygens (including phenoxy) is 1. The molecular formula is C17H19N3O3. The van der Waals surface area contributed by atoms with Crippen LogP contribution in [0.2, 0.25) is 0 Å². The molecule has 23 heavy (non-hydrogen) atoms.